The molecule has 1 aromatic rings. The monoisotopic (exact) mass is 251 g/mol. The first-order valence-electron chi connectivity index (χ1n) is 5.48. The summed E-state index contributed by atoms with van der Waals surface area (Å²) >= 11 is 0. The molecule has 0 bridgehead atoms. The van der Waals surface area contributed by atoms with E-state index in [4.69, 9.17) is 10.5 Å². The quantitative estimate of drug-likeness (QED) is 0.346. The molecule has 0 aliphatic carbocycles. The van der Waals surface area contributed by atoms with Gasteiger partial charge in [-0.05, 0) is 12.1 Å². The summed E-state index contributed by atoms with van der Waals surface area (Å²) in [5.41, 5.74) is 6.55. The molecule has 0 aromatic heterocycles. The van der Waals surface area contributed by atoms with E-state index in [1.54, 1.807) is 25.3 Å². The second-order valence-electron chi connectivity index (χ2n) is 3.73. The largest absolute Gasteiger partial charge is 0.393 e. The van der Waals surface area contributed by atoms with Gasteiger partial charge in [0.1, 0.15) is 5.69 Å². The van der Waals surface area contributed by atoms with E-state index in [0.717, 1.165) is 5.69 Å². The zero-order valence-corrected chi connectivity index (χ0v) is 10.3. The van der Waals surface area contributed by atoms with Crippen LogP contribution in [-0.2, 0) is 4.74 Å². The topological polar surface area (TPSA) is 81.6 Å². The third-order valence-corrected chi connectivity index (χ3v) is 2.49. The van der Waals surface area contributed by atoms with Crippen LogP contribution in [0.1, 0.15) is 0 Å². The van der Waals surface area contributed by atoms with Gasteiger partial charge in [0.15, 0.2) is 0 Å². The highest BCUT2D eigenvalue weighted by Gasteiger charge is 2.13. The lowest BCUT2D eigenvalue weighted by Gasteiger charge is -2.23. The smallest absolute Gasteiger partial charge is 0.292 e. The van der Waals surface area contributed by atoms with Crippen LogP contribution in [0, 0.1) is 10.1 Å². The van der Waals surface area contributed by atoms with E-state index in [-0.39, 0.29) is 11.4 Å². The fourth-order valence-electron chi connectivity index (χ4n) is 1.59. The normalized spacial score (nSPS) is 10.1. The number of benzene rings is 1. The lowest BCUT2D eigenvalue weighted by molar-refractivity contribution is -0.383. The first-order chi connectivity index (χ1) is 8.60. The van der Waals surface area contributed by atoms with Crippen molar-refractivity contribution < 1.29 is 9.66 Å². The number of hydrogen-bond acceptors (Lipinski definition) is 5. The Morgan fingerprint density at radius 1 is 1.61 bits per heavy atom. The molecular formula is C12H17N3O3. The van der Waals surface area contributed by atoms with Gasteiger partial charge in [-0.3, -0.25) is 10.1 Å². The third kappa shape index (κ3) is 3.46. The Kier molecular flexibility index (Phi) is 5.13. The summed E-state index contributed by atoms with van der Waals surface area (Å²) in [6, 6.07) is 4.68. The number of methoxy groups -OCH3 is 1. The fourth-order valence-corrected chi connectivity index (χ4v) is 1.59. The van der Waals surface area contributed by atoms with Gasteiger partial charge in [0, 0.05) is 32.0 Å². The Balaban J connectivity index is 2.94. The second-order valence-corrected chi connectivity index (χ2v) is 3.73. The van der Waals surface area contributed by atoms with Crippen LogP contribution in [0.3, 0.4) is 0 Å². The van der Waals surface area contributed by atoms with Gasteiger partial charge in [-0.25, -0.2) is 0 Å². The SMILES string of the molecule is C=CCN(CCOC)c1ccc([N+](=O)[O-])c(N)c1. The fraction of sp³-hybridized carbons (Fsp3) is 0.333. The van der Waals surface area contributed by atoms with Crippen molar-refractivity contribution in [3.05, 3.63) is 41.0 Å². The number of nitrogens with zero attached hydrogens (tertiary/aromatic N) is 2. The first-order valence-corrected chi connectivity index (χ1v) is 5.48. The zero-order chi connectivity index (χ0) is 13.5. The molecule has 0 heterocycles. The van der Waals surface area contributed by atoms with E-state index in [0.29, 0.717) is 19.7 Å². The molecule has 0 aliphatic heterocycles. The summed E-state index contributed by atoms with van der Waals surface area (Å²) < 4.78 is 5.02. The molecule has 0 radical (unpaired) electrons. The number of nitro groups is 1. The first kappa shape index (κ1) is 14.0. The van der Waals surface area contributed by atoms with E-state index in [1.807, 2.05) is 4.90 Å². The number of nitrogens with two attached hydrogens (primary N) is 1. The maximum Gasteiger partial charge on any atom is 0.292 e. The van der Waals surface area contributed by atoms with Gasteiger partial charge in [0.05, 0.1) is 11.5 Å². The summed E-state index contributed by atoms with van der Waals surface area (Å²) in [5, 5.41) is 10.7. The number of rotatable bonds is 7. The van der Waals surface area contributed by atoms with Crippen molar-refractivity contribution in [3.63, 3.8) is 0 Å². The minimum absolute atomic E-state index is 0.0796. The molecule has 0 fully saturated rings. The second kappa shape index (κ2) is 6.61. The Morgan fingerprint density at radius 3 is 2.83 bits per heavy atom. The van der Waals surface area contributed by atoms with E-state index < -0.39 is 4.92 Å². The molecule has 0 unspecified atom stereocenters. The average molecular weight is 251 g/mol. The molecule has 0 spiro atoms. The van der Waals surface area contributed by atoms with Crippen molar-refractivity contribution >= 4 is 17.1 Å². The third-order valence-electron chi connectivity index (χ3n) is 2.49. The van der Waals surface area contributed by atoms with Crippen LogP contribution < -0.4 is 10.6 Å². The van der Waals surface area contributed by atoms with Gasteiger partial charge >= 0.3 is 0 Å². The molecule has 0 amide bonds. The molecule has 18 heavy (non-hydrogen) atoms. The Labute approximate surface area is 106 Å². The number of ether oxygens (including phenoxy) is 1. The van der Waals surface area contributed by atoms with Crippen molar-refractivity contribution in [2.45, 2.75) is 0 Å². The van der Waals surface area contributed by atoms with Crippen LogP contribution in [0.5, 0.6) is 0 Å². The van der Waals surface area contributed by atoms with E-state index in [2.05, 4.69) is 6.58 Å². The molecule has 2 N–H and O–H groups in total. The van der Waals surface area contributed by atoms with Crippen LogP contribution in [0.2, 0.25) is 0 Å². The number of nitrogen functional groups attached to an aromatic ring is 1. The predicted octanol–water partition coefficient (Wildman–Crippen LogP) is 1.82. The van der Waals surface area contributed by atoms with Gasteiger partial charge in [-0.2, -0.15) is 0 Å². The van der Waals surface area contributed by atoms with Crippen LogP contribution in [0.4, 0.5) is 17.1 Å². The van der Waals surface area contributed by atoms with Gasteiger partial charge in [0.25, 0.3) is 5.69 Å². The lowest BCUT2D eigenvalue weighted by atomic mass is 10.2. The lowest BCUT2D eigenvalue weighted by Crippen LogP contribution is -2.27. The Bertz CT molecular complexity index is 435. The van der Waals surface area contributed by atoms with Crippen LogP contribution >= 0.6 is 0 Å². The average Bonchev–Trinajstić information content (AvgIpc) is 2.33. The van der Waals surface area contributed by atoms with Crippen molar-refractivity contribution in [2.75, 3.05) is 37.4 Å². The van der Waals surface area contributed by atoms with Crippen molar-refractivity contribution in [2.24, 2.45) is 0 Å². The molecular weight excluding hydrogens is 234 g/mol. The van der Waals surface area contributed by atoms with Gasteiger partial charge in [-0.15, -0.1) is 6.58 Å². The molecule has 0 saturated heterocycles. The minimum atomic E-state index is -0.494. The van der Waals surface area contributed by atoms with Gasteiger partial charge in [-0.1, -0.05) is 6.08 Å². The van der Waals surface area contributed by atoms with Gasteiger partial charge in [0.2, 0.25) is 0 Å². The van der Waals surface area contributed by atoms with Crippen LogP contribution in [0.15, 0.2) is 30.9 Å². The van der Waals surface area contributed by atoms with Crippen LogP contribution in [-0.4, -0.2) is 31.7 Å². The molecule has 0 atom stereocenters. The van der Waals surface area contributed by atoms with E-state index in [1.165, 1.54) is 6.07 Å². The van der Waals surface area contributed by atoms with Crippen LogP contribution in [0.25, 0.3) is 0 Å². The molecule has 6 nitrogen and oxygen atoms in total. The standard InChI is InChI=1S/C12H17N3O3/c1-3-6-14(7-8-18-2)10-4-5-12(15(16)17)11(13)9-10/h3-5,9H,1,6-8,13H2,2H3. The minimum Gasteiger partial charge on any atom is -0.393 e. The maximum absolute atomic E-state index is 10.7. The van der Waals surface area contributed by atoms with Gasteiger partial charge < -0.3 is 15.4 Å². The summed E-state index contributed by atoms with van der Waals surface area (Å²) in [5.74, 6) is 0. The van der Waals surface area contributed by atoms with E-state index in [9.17, 15) is 10.1 Å². The Morgan fingerprint density at radius 2 is 2.33 bits per heavy atom. The van der Waals surface area contributed by atoms with Crippen molar-refractivity contribution in [1.82, 2.24) is 0 Å². The Hall–Kier alpha value is -2.08. The maximum atomic E-state index is 10.7. The number of anilines is 2. The number of hydrogen-bond donors (Lipinski definition) is 1. The highest BCUT2D eigenvalue weighted by atomic mass is 16.6. The molecule has 0 aliphatic rings. The van der Waals surface area contributed by atoms with E-state index >= 15 is 0 Å². The number of nitro benzene ring substituents is 1. The predicted molar refractivity (Wildman–Crippen MR) is 71.8 cm³/mol. The zero-order valence-electron chi connectivity index (χ0n) is 10.3. The summed E-state index contributed by atoms with van der Waals surface area (Å²) in [4.78, 5) is 12.2. The molecule has 1 aromatic carbocycles. The molecule has 98 valence electrons. The van der Waals surface area contributed by atoms with Crippen molar-refractivity contribution in [3.8, 4) is 0 Å². The molecule has 0 saturated carbocycles. The molecule has 1 rings (SSSR count). The summed E-state index contributed by atoms with van der Waals surface area (Å²) in [6.45, 7) is 5.53. The summed E-state index contributed by atoms with van der Waals surface area (Å²) in [6.07, 6.45) is 1.76. The highest BCUT2D eigenvalue weighted by Crippen LogP contribution is 2.26. The highest BCUT2D eigenvalue weighted by molar-refractivity contribution is 5.66. The van der Waals surface area contributed by atoms with Crippen molar-refractivity contribution in [1.29, 1.82) is 0 Å². The molecule has 6 heteroatoms. The summed E-state index contributed by atoms with van der Waals surface area (Å²) in [7, 11) is 1.62.